The van der Waals surface area contributed by atoms with Crippen LogP contribution in [-0.2, 0) is 12.6 Å². The summed E-state index contributed by atoms with van der Waals surface area (Å²) in [5.74, 6) is 0.531. The van der Waals surface area contributed by atoms with Gasteiger partial charge in [-0.05, 0) is 53.7 Å². The van der Waals surface area contributed by atoms with Gasteiger partial charge in [0.15, 0.2) is 0 Å². The van der Waals surface area contributed by atoms with E-state index in [0.717, 1.165) is 16.1 Å². The van der Waals surface area contributed by atoms with Crippen LogP contribution < -0.4 is 4.74 Å². The molecular formula is C19H22BrF3O. The molecule has 1 unspecified atom stereocenters. The molecule has 0 radical (unpaired) electrons. The molecule has 1 aliphatic heterocycles. The van der Waals surface area contributed by atoms with Crippen molar-refractivity contribution in [2.75, 3.05) is 0 Å². The van der Waals surface area contributed by atoms with Crippen LogP contribution in [0, 0.1) is 12.8 Å². The molecule has 24 heavy (non-hydrogen) atoms. The van der Waals surface area contributed by atoms with E-state index in [4.69, 9.17) is 4.74 Å². The molecule has 1 aromatic rings. The van der Waals surface area contributed by atoms with E-state index in [9.17, 15) is 13.2 Å². The van der Waals surface area contributed by atoms with Gasteiger partial charge in [0.05, 0.1) is 5.56 Å². The fourth-order valence-electron chi connectivity index (χ4n) is 2.20. The summed E-state index contributed by atoms with van der Waals surface area (Å²) in [4.78, 5) is 0. The summed E-state index contributed by atoms with van der Waals surface area (Å²) in [5, 5.41) is 0. The average molecular weight is 403 g/mol. The van der Waals surface area contributed by atoms with Crippen molar-refractivity contribution in [3.63, 3.8) is 0 Å². The zero-order chi connectivity index (χ0) is 18.9. The van der Waals surface area contributed by atoms with Gasteiger partial charge in [-0.25, -0.2) is 0 Å². The first-order valence-electron chi connectivity index (χ1n) is 7.51. The lowest BCUT2D eigenvalue weighted by Gasteiger charge is -2.12. The Balaban J connectivity index is 0.00000123. The van der Waals surface area contributed by atoms with Gasteiger partial charge in [0.2, 0.25) is 0 Å². The van der Waals surface area contributed by atoms with Crippen LogP contribution in [0.4, 0.5) is 13.2 Å². The van der Waals surface area contributed by atoms with Crippen LogP contribution in [0.25, 0.3) is 0 Å². The zero-order valence-corrected chi connectivity index (χ0v) is 15.8. The molecule has 0 fully saturated rings. The number of alkyl halides is 3. The van der Waals surface area contributed by atoms with Crippen LogP contribution in [0.3, 0.4) is 0 Å². The molecule has 0 aliphatic carbocycles. The maximum Gasteiger partial charge on any atom is 0.416 e. The first-order valence-corrected chi connectivity index (χ1v) is 8.30. The maximum atomic E-state index is 12.7. The minimum Gasteiger partial charge on any atom is -0.485 e. The van der Waals surface area contributed by atoms with E-state index in [1.165, 1.54) is 12.1 Å². The highest BCUT2D eigenvalue weighted by Crippen LogP contribution is 2.37. The second-order valence-corrected chi connectivity index (χ2v) is 5.90. The lowest BCUT2D eigenvalue weighted by molar-refractivity contribution is -0.137. The maximum absolute atomic E-state index is 12.7. The molecule has 1 nitrogen and oxygen atoms in total. The Bertz CT molecular complexity index is 609. The monoisotopic (exact) mass is 402 g/mol. The summed E-state index contributed by atoms with van der Waals surface area (Å²) in [6.07, 6.45) is 7.73. The molecule has 0 bridgehead atoms. The second-order valence-electron chi connectivity index (χ2n) is 4.65. The predicted molar refractivity (Wildman–Crippen MR) is 97.2 cm³/mol. The van der Waals surface area contributed by atoms with E-state index >= 15 is 0 Å². The lowest BCUT2D eigenvalue weighted by atomic mass is 10.0. The second kappa shape index (κ2) is 10.2. The fraction of sp³-hybridized carbons (Fsp3) is 0.368. The van der Waals surface area contributed by atoms with E-state index < -0.39 is 11.7 Å². The summed E-state index contributed by atoms with van der Waals surface area (Å²) >= 11 is 3.35. The quantitative estimate of drug-likeness (QED) is 0.403. The van der Waals surface area contributed by atoms with Crippen LogP contribution in [0.1, 0.15) is 38.8 Å². The lowest BCUT2D eigenvalue weighted by Crippen LogP contribution is -2.15. The van der Waals surface area contributed by atoms with Crippen molar-refractivity contribution >= 4 is 15.9 Å². The van der Waals surface area contributed by atoms with E-state index in [1.54, 1.807) is 0 Å². The standard InChI is InChI=1S/C15H14BrF3O.C2H6.C2H2/c1-3-10(6-9(2)16)14-8-11-7-12(15(17,18)19)4-5-13(11)20-14;2*1-2/h3-7,14H,8H2,1-2H3;1-2H3;1-2H/b9-6+,10-3+;;. The molecule has 0 saturated heterocycles. The Labute approximate surface area is 150 Å². The summed E-state index contributed by atoms with van der Waals surface area (Å²) < 4.78 is 44.7. The summed E-state index contributed by atoms with van der Waals surface area (Å²) in [6, 6.07) is 3.63. The Morgan fingerprint density at radius 2 is 1.88 bits per heavy atom. The minimum absolute atomic E-state index is 0.231. The molecule has 0 aromatic heterocycles. The first kappa shape index (κ1) is 22.3. The molecule has 1 atom stereocenters. The molecule has 132 valence electrons. The number of rotatable bonds is 2. The highest BCUT2D eigenvalue weighted by molar-refractivity contribution is 9.11. The van der Waals surface area contributed by atoms with Crippen molar-refractivity contribution in [3.05, 3.63) is 51.5 Å². The Hall–Kier alpha value is -1.67. The highest BCUT2D eigenvalue weighted by atomic mass is 79.9. The van der Waals surface area contributed by atoms with Crippen LogP contribution >= 0.6 is 15.9 Å². The van der Waals surface area contributed by atoms with Gasteiger partial charge >= 0.3 is 6.18 Å². The van der Waals surface area contributed by atoms with Gasteiger partial charge in [-0.2, -0.15) is 13.2 Å². The predicted octanol–water partition coefficient (Wildman–Crippen LogP) is 6.53. The van der Waals surface area contributed by atoms with Crippen molar-refractivity contribution in [3.8, 4) is 18.6 Å². The smallest absolute Gasteiger partial charge is 0.416 e. The number of benzene rings is 1. The average Bonchev–Trinajstić information content (AvgIpc) is 2.98. The van der Waals surface area contributed by atoms with Gasteiger partial charge in [-0.1, -0.05) is 35.9 Å². The molecule has 2 rings (SSSR count). The third kappa shape index (κ3) is 6.09. The van der Waals surface area contributed by atoms with Crippen molar-refractivity contribution in [2.45, 2.75) is 46.4 Å². The largest absolute Gasteiger partial charge is 0.485 e. The molecule has 0 amide bonds. The molecule has 5 heteroatoms. The molecule has 1 aromatic carbocycles. The number of hydrogen-bond donors (Lipinski definition) is 0. The van der Waals surface area contributed by atoms with E-state index in [2.05, 4.69) is 28.8 Å². The fourth-order valence-corrected chi connectivity index (χ4v) is 2.47. The first-order chi connectivity index (χ1) is 11.3. The normalized spacial score (nSPS) is 16.8. The van der Waals surface area contributed by atoms with E-state index in [0.29, 0.717) is 17.7 Å². The Morgan fingerprint density at radius 1 is 1.29 bits per heavy atom. The molecule has 1 heterocycles. The van der Waals surface area contributed by atoms with Gasteiger partial charge in [-0.3, -0.25) is 0 Å². The summed E-state index contributed by atoms with van der Waals surface area (Å²) in [5.41, 5.74) is 0.920. The Morgan fingerprint density at radius 3 is 2.33 bits per heavy atom. The number of ether oxygens (including phenoxy) is 1. The minimum atomic E-state index is -4.32. The molecular weight excluding hydrogens is 381 g/mol. The third-order valence-corrected chi connectivity index (χ3v) is 3.36. The van der Waals surface area contributed by atoms with Crippen LogP contribution in [-0.4, -0.2) is 6.10 Å². The van der Waals surface area contributed by atoms with Crippen LogP contribution in [0.2, 0.25) is 0 Å². The molecule has 1 aliphatic rings. The van der Waals surface area contributed by atoms with Gasteiger partial charge in [-0.15, -0.1) is 12.8 Å². The topological polar surface area (TPSA) is 9.23 Å². The number of hydrogen-bond acceptors (Lipinski definition) is 1. The highest BCUT2D eigenvalue weighted by Gasteiger charge is 2.33. The van der Waals surface area contributed by atoms with Crippen molar-refractivity contribution in [1.82, 2.24) is 0 Å². The van der Waals surface area contributed by atoms with E-state index in [1.807, 2.05) is 39.8 Å². The summed E-state index contributed by atoms with van der Waals surface area (Å²) in [7, 11) is 0. The van der Waals surface area contributed by atoms with E-state index in [-0.39, 0.29) is 6.10 Å². The van der Waals surface area contributed by atoms with Gasteiger partial charge in [0.25, 0.3) is 0 Å². The number of terminal acetylenes is 1. The summed E-state index contributed by atoms with van der Waals surface area (Å²) in [6.45, 7) is 7.78. The number of allylic oxidation sites excluding steroid dienone is 2. The molecule has 0 spiro atoms. The van der Waals surface area contributed by atoms with Crippen molar-refractivity contribution in [1.29, 1.82) is 0 Å². The molecule has 0 saturated carbocycles. The van der Waals surface area contributed by atoms with Crippen LogP contribution in [0.15, 0.2) is 40.4 Å². The van der Waals surface area contributed by atoms with Gasteiger partial charge in [0, 0.05) is 6.42 Å². The number of halogens is 4. The SMILES string of the molecule is C#C.C/C=C(\C=C(/C)Br)C1Cc2cc(C(F)(F)F)ccc2O1.CC. The van der Waals surface area contributed by atoms with Crippen molar-refractivity contribution < 1.29 is 17.9 Å². The van der Waals surface area contributed by atoms with Gasteiger partial charge in [0.1, 0.15) is 11.9 Å². The van der Waals surface area contributed by atoms with Crippen molar-refractivity contribution in [2.24, 2.45) is 0 Å². The zero-order valence-electron chi connectivity index (χ0n) is 14.2. The number of fused-ring (bicyclic) bond motifs is 1. The Kier molecular flexibility index (Phi) is 9.53. The van der Waals surface area contributed by atoms with Gasteiger partial charge < -0.3 is 4.74 Å². The molecule has 0 N–H and O–H groups in total. The third-order valence-electron chi connectivity index (χ3n) is 3.13. The van der Waals surface area contributed by atoms with Crippen LogP contribution in [0.5, 0.6) is 5.75 Å².